The van der Waals surface area contributed by atoms with Crippen LogP contribution >= 0.6 is 0 Å². The normalized spacial score (nSPS) is 12.7. The Morgan fingerprint density at radius 2 is 1.73 bits per heavy atom. The van der Waals surface area contributed by atoms with Crippen LogP contribution in [0.2, 0.25) is 0 Å². The van der Waals surface area contributed by atoms with Gasteiger partial charge < -0.3 is 14.0 Å². The standard InChI is InChI=1S/C20H21N3O3/c1-3-14-4-7-16(8-5-14)20-21-19(26-22-20)12-23(2)11-15-6-9-17-18(10-15)25-13-24-17/h4-10H,3,11-13H2,1-2H3. The van der Waals surface area contributed by atoms with Gasteiger partial charge in [0.05, 0.1) is 6.54 Å². The van der Waals surface area contributed by atoms with Crippen LogP contribution in [0.3, 0.4) is 0 Å². The first-order valence-electron chi connectivity index (χ1n) is 8.70. The molecule has 0 atom stereocenters. The molecule has 6 nitrogen and oxygen atoms in total. The molecule has 1 aliphatic heterocycles. The largest absolute Gasteiger partial charge is 0.454 e. The van der Waals surface area contributed by atoms with E-state index >= 15 is 0 Å². The Morgan fingerprint density at radius 3 is 2.54 bits per heavy atom. The van der Waals surface area contributed by atoms with Crippen molar-refractivity contribution in [3.63, 3.8) is 0 Å². The fourth-order valence-electron chi connectivity index (χ4n) is 2.96. The lowest BCUT2D eigenvalue weighted by atomic mass is 10.1. The van der Waals surface area contributed by atoms with E-state index in [2.05, 4.69) is 34.1 Å². The molecule has 3 aromatic rings. The number of aryl methyl sites for hydroxylation is 1. The van der Waals surface area contributed by atoms with Crippen LogP contribution in [0.1, 0.15) is 23.9 Å². The third kappa shape index (κ3) is 3.55. The van der Waals surface area contributed by atoms with Crippen molar-refractivity contribution in [2.45, 2.75) is 26.4 Å². The molecule has 0 spiro atoms. The van der Waals surface area contributed by atoms with Crippen LogP contribution in [0.25, 0.3) is 11.4 Å². The van der Waals surface area contributed by atoms with Crippen molar-refractivity contribution >= 4 is 0 Å². The number of hydrogen-bond acceptors (Lipinski definition) is 6. The second-order valence-electron chi connectivity index (χ2n) is 6.42. The number of aromatic nitrogens is 2. The minimum atomic E-state index is 0.290. The zero-order chi connectivity index (χ0) is 17.9. The van der Waals surface area contributed by atoms with Gasteiger partial charge in [-0.3, -0.25) is 4.90 Å². The molecule has 134 valence electrons. The SMILES string of the molecule is CCc1ccc(-c2noc(CN(C)Cc3ccc4c(c3)OCO4)n2)cc1. The van der Waals surface area contributed by atoms with Crippen molar-refractivity contribution in [2.24, 2.45) is 0 Å². The molecule has 0 aliphatic carbocycles. The molecule has 0 amide bonds. The summed E-state index contributed by atoms with van der Waals surface area (Å²) in [6, 6.07) is 14.2. The molecule has 2 heterocycles. The Morgan fingerprint density at radius 1 is 0.962 bits per heavy atom. The maximum atomic E-state index is 5.43. The third-order valence-electron chi connectivity index (χ3n) is 4.38. The summed E-state index contributed by atoms with van der Waals surface area (Å²) in [5, 5.41) is 4.10. The van der Waals surface area contributed by atoms with E-state index in [9.17, 15) is 0 Å². The maximum Gasteiger partial charge on any atom is 0.241 e. The number of rotatable bonds is 6. The van der Waals surface area contributed by atoms with Crippen LogP contribution in [0.15, 0.2) is 47.0 Å². The minimum Gasteiger partial charge on any atom is -0.454 e. The molecule has 4 rings (SSSR count). The first-order chi connectivity index (χ1) is 12.7. The summed E-state index contributed by atoms with van der Waals surface area (Å²) in [5.74, 6) is 2.82. The molecule has 2 aromatic carbocycles. The molecule has 0 fully saturated rings. The predicted octanol–water partition coefficient (Wildman–Crippen LogP) is 3.66. The van der Waals surface area contributed by atoms with Gasteiger partial charge in [0.15, 0.2) is 11.5 Å². The van der Waals surface area contributed by atoms with E-state index in [1.54, 1.807) is 0 Å². The summed E-state index contributed by atoms with van der Waals surface area (Å²) in [4.78, 5) is 6.63. The molecular weight excluding hydrogens is 330 g/mol. The van der Waals surface area contributed by atoms with E-state index in [-0.39, 0.29) is 0 Å². The number of nitrogens with zero attached hydrogens (tertiary/aromatic N) is 3. The maximum absolute atomic E-state index is 5.43. The van der Waals surface area contributed by atoms with Gasteiger partial charge in [0.2, 0.25) is 18.5 Å². The van der Waals surface area contributed by atoms with Gasteiger partial charge in [-0.1, -0.05) is 42.4 Å². The Labute approximate surface area is 152 Å². The van der Waals surface area contributed by atoms with Crippen molar-refractivity contribution in [1.29, 1.82) is 0 Å². The van der Waals surface area contributed by atoms with Gasteiger partial charge in [-0.15, -0.1) is 0 Å². The van der Waals surface area contributed by atoms with E-state index in [0.29, 0.717) is 25.1 Å². The Balaban J connectivity index is 1.40. The molecule has 0 radical (unpaired) electrons. The fraction of sp³-hybridized carbons (Fsp3) is 0.300. The Kier molecular flexibility index (Phi) is 4.58. The summed E-state index contributed by atoms with van der Waals surface area (Å²) >= 11 is 0. The molecule has 0 saturated carbocycles. The first-order valence-corrected chi connectivity index (χ1v) is 8.70. The smallest absolute Gasteiger partial charge is 0.241 e. The molecule has 0 unspecified atom stereocenters. The highest BCUT2D eigenvalue weighted by Crippen LogP contribution is 2.32. The summed E-state index contributed by atoms with van der Waals surface area (Å²) in [5.41, 5.74) is 3.41. The summed E-state index contributed by atoms with van der Waals surface area (Å²) in [6.07, 6.45) is 1.02. The van der Waals surface area contributed by atoms with Gasteiger partial charge in [0.25, 0.3) is 0 Å². The molecule has 1 aromatic heterocycles. The summed E-state index contributed by atoms with van der Waals surface area (Å²) < 4.78 is 16.2. The molecule has 6 heteroatoms. The number of benzene rings is 2. The van der Waals surface area contributed by atoms with Crippen LogP contribution in [0.4, 0.5) is 0 Å². The number of fused-ring (bicyclic) bond motifs is 1. The van der Waals surface area contributed by atoms with Crippen molar-refractivity contribution in [2.75, 3.05) is 13.8 Å². The van der Waals surface area contributed by atoms with Crippen LogP contribution in [0.5, 0.6) is 11.5 Å². The number of hydrogen-bond donors (Lipinski definition) is 0. The molecule has 0 N–H and O–H groups in total. The van der Waals surface area contributed by atoms with Crippen molar-refractivity contribution in [3.8, 4) is 22.9 Å². The van der Waals surface area contributed by atoms with Crippen molar-refractivity contribution in [1.82, 2.24) is 15.0 Å². The van der Waals surface area contributed by atoms with Gasteiger partial charge in [-0.2, -0.15) is 4.98 Å². The van der Waals surface area contributed by atoms with E-state index in [4.69, 9.17) is 14.0 Å². The summed E-state index contributed by atoms with van der Waals surface area (Å²) in [6.45, 7) is 3.75. The monoisotopic (exact) mass is 351 g/mol. The topological polar surface area (TPSA) is 60.6 Å². The molecule has 26 heavy (non-hydrogen) atoms. The zero-order valence-corrected chi connectivity index (χ0v) is 14.9. The highest BCUT2D eigenvalue weighted by Gasteiger charge is 2.15. The van der Waals surface area contributed by atoms with E-state index in [1.165, 1.54) is 5.56 Å². The van der Waals surface area contributed by atoms with Gasteiger partial charge >= 0.3 is 0 Å². The molecular formula is C20H21N3O3. The molecule has 1 aliphatic rings. The summed E-state index contributed by atoms with van der Waals surface area (Å²) in [7, 11) is 2.02. The van der Waals surface area contributed by atoms with Crippen LogP contribution in [0, 0.1) is 0 Å². The van der Waals surface area contributed by atoms with Crippen LogP contribution in [-0.2, 0) is 19.5 Å². The van der Waals surface area contributed by atoms with Crippen LogP contribution in [-0.4, -0.2) is 28.9 Å². The van der Waals surface area contributed by atoms with E-state index in [0.717, 1.165) is 35.6 Å². The highest BCUT2D eigenvalue weighted by molar-refractivity contribution is 5.54. The van der Waals surface area contributed by atoms with E-state index < -0.39 is 0 Å². The fourth-order valence-corrected chi connectivity index (χ4v) is 2.96. The quantitative estimate of drug-likeness (QED) is 0.675. The third-order valence-corrected chi connectivity index (χ3v) is 4.38. The Hall–Kier alpha value is -2.86. The lowest BCUT2D eigenvalue weighted by Crippen LogP contribution is -2.17. The lowest BCUT2D eigenvalue weighted by Gasteiger charge is -2.14. The van der Waals surface area contributed by atoms with E-state index in [1.807, 2.05) is 37.4 Å². The average molecular weight is 351 g/mol. The Bertz CT molecular complexity index is 890. The van der Waals surface area contributed by atoms with Gasteiger partial charge in [0, 0.05) is 12.1 Å². The minimum absolute atomic E-state index is 0.290. The second-order valence-corrected chi connectivity index (χ2v) is 6.42. The average Bonchev–Trinajstić information content (AvgIpc) is 3.30. The van der Waals surface area contributed by atoms with Crippen molar-refractivity contribution in [3.05, 3.63) is 59.5 Å². The lowest BCUT2D eigenvalue weighted by molar-refractivity contribution is 0.174. The highest BCUT2D eigenvalue weighted by atomic mass is 16.7. The van der Waals surface area contributed by atoms with Gasteiger partial charge in [-0.05, 0) is 36.7 Å². The van der Waals surface area contributed by atoms with Gasteiger partial charge in [-0.25, -0.2) is 0 Å². The van der Waals surface area contributed by atoms with Gasteiger partial charge in [0.1, 0.15) is 0 Å². The zero-order valence-electron chi connectivity index (χ0n) is 14.9. The first kappa shape index (κ1) is 16.6. The predicted molar refractivity (Wildman–Crippen MR) is 96.8 cm³/mol. The molecule has 0 saturated heterocycles. The van der Waals surface area contributed by atoms with Crippen LogP contribution < -0.4 is 9.47 Å². The number of ether oxygens (including phenoxy) is 2. The van der Waals surface area contributed by atoms with Crippen molar-refractivity contribution < 1.29 is 14.0 Å². The second kappa shape index (κ2) is 7.17. The molecule has 0 bridgehead atoms.